The Morgan fingerprint density at radius 1 is 0.889 bits per heavy atom. The zero-order valence-corrected chi connectivity index (χ0v) is 23.0. The van der Waals surface area contributed by atoms with Crippen LogP contribution in [0.5, 0.6) is 11.6 Å². The van der Waals surface area contributed by atoms with E-state index in [1.165, 1.54) is 42.7 Å². The highest BCUT2D eigenvalue weighted by atomic mass is 19.4. The van der Waals surface area contributed by atoms with E-state index in [0.717, 1.165) is 18.9 Å². The summed E-state index contributed by atoms with van der Waals surface area (Å²) >= 11 is 0. The minimum atomic E-state index is -5.08. The molecule has 1 heterocycles. The summed E-state index contributed by atoms with van der Waals surface area (Å²) in [7, 11) is 0. The molecule has 2 saturated carbocycles. The quantitative estimate of drug-likeness (QED) is 0.207. The summed E-state index contributed by atoms with van der Waals surface area (Å²) in [5, 5.41) is 20.8. The fourth-order valence-corrected chi connectivity index (χ4v) is 3.68. The fraction of sp³-hybridized carbons (Fsp3) is 0.310. The first-order valence-electron chi connectivity index (χ1n) is 13.2. The fourth-order valence-electron chi connectivity index (χ4n) is 3.68. The highest BCUT2D eigenvalue weighted by molar-refractivity contribution is 6.04. The van der Waals surface area contributed by atoms with Crippen molar-refractivity contribution in [1.82, 2.24) is 10.3 Å². The van der Waals surface area contributed by atoms with E-state index < -0.39 is 24.3 Å². The summed E-state index contributed by atoms with van der Waals surface area (Å²) < 4.78 is 82.0. The summed E-state index contributed by atoms with van der Waals surface area (Å²) in [5.41, 5.74) is 2.43. The van der Waals surface area contributed by atoms with E-state index in [-0.39, 0.29) is 11.7 Å². The van der Waals surface area contributed by atoms with Crippen LogP contribution in [0.1, 0.15) is 41.1 Å². The number of aromatic nitrogens is 1. The molecule has 2 fully saturated rings. The predicted octanol–water partition coefficient (Wildman–Crippen LogP) is 6.39. The molecule has 3 aromatic rings. The van der Waals surface area contributed by atoms with Gasteiger partial charge < -0.3 is 25.6 Å². The van der Waals surface area contributed by atoms with Gasteiger partial charge in [0, 0.05) is 23.6 Å². The maximum Gasteiger partial charge on any atom is 0.490 e. The standard InChI is InChI=1S/C25H24FN3O2.2C2HF3O2/c26-19-6-9-21(10-7-19)31-24-11-8-20(15-28-24)29-25(30)18-3-1-2-17(12-18)22-13-23(22)27-14-16-4-5-16;2*3-2(4,5)1(6)7/h1-3,6-12,15-16,22-23,27H,4-5,13-14H2,(H,29,30);2*(H,6,7)/t22-,23+;;/m0../s1. The van der Waals surface area contributed by atoms with Crippen molar-refractivity contribution in [3.05, 3.63) is 83.8 Å². The maximum absolute atomic E-state index is 13.0. The Balaban J connectivity index is 0.000000331. The summed E-state index contributed by atoms with van der Waals surface area (Å²) in [6, 6.07) is 17.5. The molecule has 2 atom stereocenters. The third-order valence-corrected chi connectivity index (χ3v) is 6.25. The number of rotatable bonds is 8. The molecule has 0 bridgehead atoms. The van der Waals surface area contributed by atoms with Crippen LogP contribution in [0.15, 0.2) is 66.9 Å². The lowest BCUT2D eigenvalue weighted by Gasteiger charge is -2.09. The number of carbonyl (C=O) groups is 3. The summed E-state index contributed by atoms with van der Waals surface area (Å²) in [6.07, 6.45) is -4.78. The molecule has 0 aliphatic heterocycles. The number of ether oxygens (including phenoxy) is 1. The molecule has 4 N–H and O–H groups in total. The first-order valence-corrected chi connectivity index (χ1v) is 13.2. The molecule has 242 valence electrons. The number of carbonyl (C=O) groups excluding carboxylic acids is 1. The Labute approximate surface area is 251 Å². The molecule has 1 aromatic heterocycles. The molecular weight excluding hydrogens is 619 g/mol. The Kier molecular flexibility index (Phi) is 11.5. The molecule has 16 heteroatoms. The molecule has 2 aliphatic carbocycles. The Morgan fingerprint density at radius 3 is 2.00 bits per heavy atom. The molecular formula is C29H26F7N3O6. The molecule has 0 unspecified atom stereocenters. The van der Waals surface area contributed by atoms with Gasteiger partial charge in [-0.1, -0.05) is 12.1 Å². The van der Waals surface area contributed by atoms with E-state index in [4.69, 9.17) is 24.5 Å². The highest BCUT2D eigenvalue weighted by Gasteiger charge is 2.40. The third kappa shape index (κ3) is 12.1. The number of benzene rings is 2. The number of hydrogen-bond acceptors (Lipinski definition) is 6. The van der Waals surface area contributed by atoms with Gasteiger partial charge in [-0.25, -0.2) is 19.0 Å². The van der Waals surface area contributed by atoms with Crippen LogP contribution in [0.2, 0.25) is 0 Å². The van der Waals surface area contributed by atoms with Crippen molar-refractivity contribution in [3.8, 4) is 11.6 Å². The lowest BCUT2D eigenvalue weighted by atomic mass is 10.1. The summed E-state index contributed by atoms with van der Waals surface area (Å²) in [6.45, 7) is 1.12. The SMILES string of the molecule is O=C(Nc1ccc(Oc2ccc(F)cc2)nc1)c1cccc([C@@H]2C[C@H]2NCC2CC2)c1.O=C(O)C(F)(F)F.O=C(O)C(F)(F)F. The van der Waals surface area contributed by atoms with E-state index in [9.17, 15) is 35.5 Å². The zero-order chi connectivity index (χ0) is 33.4. The largest absolute Gasteiger partial charge is 0.490 e. The smallest absolute Gasteiger partial charge is 0.475 e. The van der Waals surface area contributed by atoms with Crippen LogP contribution in [0.25, 0.3) is 0 Å². The minimum absolute atomic E-state index is 0.168. The van der Waals surface area contributed by atoms with Crippen LogP contribution in [0.3, 0.4) is 0 Å². The molecule has 0 spiro atoms. The van der Waals surface area contributed by atoms with Crippen molar-refractivity contribution in [1.29, 1.82) is 0 Å². The zero-order valence-electron chi connectivity index (χ0n) is 23.0. The number of nitrogens with zero attached hydrogens (tertiary/aromatic N) is 1. The number of hydrogen-bond donors (Lipinski definition) is 4. The second-order valence-corrected chi connectivity index (χ2v) is 9.93. The third-order valence-electron chi connectivity index (χ3n) is 6.25. The van der Waals surface area contributed by atoms with E-state index in [1.54, 1.807) is 18.3 Å². The Hall–Kier alpha value is -4.73. The van der Waals surface area contributed by atoms with Crippen molar-refractivity contribution >= 4 is 23.5 Å². The number of alkyl halides is 6. The number of pyridine rings is 1. The van der Waals surface area contributed by atoms with Crippen molar-refractivity contribution in [2.75, 3.05) is 11.9 Å². The van der Waals surface area contributed by atoms with Gasteiger partial charge in [0.2, 0.25) is 5.88 Å². The molecule has 9 nitrogen and oxygen atoms in total. The second kappa shape index (κ2) is 14.8. The molecule has 2 aliphatic rings. The van der Waals surface area contributed by atoms with E-state index >= 15 is 0 Å². The van der Waals surface area contributed by atoms with Crippen molar-refractivity contribution < 1.29 is 60.1 Å². The molecule has 5 rings (SSSR count). The van der Waals surface area contributed by atoms with Gasteiger partial charge in [0.15, 0.2) is 0 Å². The Morgan fingerprint density at radius 2 is 1.49 bits per heavy atom. The van der Waals surface area contributed by atoms with Crippen molar-refractivity contribution in [2.45, 2.75) is 43.6 Å². The summed E-state index contributed by atoms with van der Waals surface area (Å²) in [5.74, 6) is -3.78. The van der Waals surface area contributed by atoms with Crippen LogP contribution in [-0.4, -0.2) is 58.0 Å². The van der Waals surface area contributed by atoms with Crippen LogP contribution in [0, 0.1) is 11.7 Å². The highest BCUT2D eigenvalue weighted by Crippen LogP contribution is 2.42. The first kappa shape index (κ1) is 34.8. The second-order valence-electron chi connectivity index (χ2n) is 9.93. The van der Waals surface area contributed by atoms with Crippen LogP contribution < -0.4 is 15.4 Å². The number of aliphatic carboxylic acids is 2. The van der Waals surface area contributed by atoms with E-state index in [0.29, 0.717) is 34.8 Å². The van der Waals surface area contributed by atoms with Gasteiger partial charge in [0.25, 0.3) is 5.91 Å². The normalized spacial score (nSPS) is 17.0. The van der Waals surface area contributed by atoms with E-state index in [2.05, 4.69) is 21.7 Å². The number of halogens is 7. The van der Waals surface area contributed by atoms with Gasteiger partial charge in [0.05, 0.1) is 11.9 Å². The van der Waals surface area contributed by atoms with Crippen LogP contribution in [0.4, 0.5) is 36.4 Å². The molecule has 1 amide bonds. The van der Waals surface area contributed by atoms with Gasteiger partial charge in [0.1, 0.15) is 11.6 Å². The number of amides is 1. The predicted molar refractivity (Wildman–Crippen MR) is 144 cm³/mol. The monoisotopic (exact) mass is 645 g/mol. The maximum atomic E-state index is 13.0. The van der Waals surface area contributed by atoms with Gasteiger partial charge >= 0.3 is 24.3 Å². The van der Waals surface area contributed by atoms with Gasteiger partial charge in [-0.05, 0) is 79.8 Å². The first-order chi connectivity index (χ1) is 21.0. The number of nitrogens with one attached hydrogen (secondary N) is 2. The molecule has 2 aromatic carbocycles. The summed E-state index contributed by atoms with van der Waals surface area (Å²) in [4.78, 5) is 34.7. The van der Waals surface area contributed by atoms with Crippen molar-refractivity contribution in [2.24, 2.45) is 5.92 Å². The van der Waals surface area contributed by atoms with Gasteiger partial charge in [-0.2, -0.15) is 26.3 Å². The molecule has 0 saturated heterocycles. The van der Waals surface area contributed by atoms with Crippen molar-refractivity contribution in [3.63, 3.8) is 0 Å². The number of anilines is 1. The van der Waals surface area contributed by atoms with Gasteiger partial charge in [-0.15, -0.1) is 0 Å². The number of carboxylic acids is 2. The minimum Gasteiger partial charge on any atom is -0.475 e. The lowest BCUT2D eigenvalue weighted by Crippen LogP contribution is -2.21. The lowest BCUT2D eigenvalue weighted by molar-refractivity contribution is -0.193. The number of carboxylic acid groups (broad SMARTS) is 2. The van der Waals surface area contributed by atoms with Crippen LogP contribution >= 0.6 is 0 Å². The van der Waals surface area contributed by atoms with E-state index in [1.807, 2.05) is 18.2 Å². The average Bonchev–Trinajstić information content (AvgIpc) is 3.90. The molecule has 45 heavy (non-hydrogen) atoms. The van der Waals surface area contributed by atoms with Gasteiger partial charge in [-0.3, -0.25) is 4.79 Å². The molecule has 0 radical (unpaired) electrons. The topological polar surface area (TPSA) is 138 Å². The average molecular weight is 646 g/mol. The van der Waals surface area contributed by atoms with Crippen LogP contribution in [-0.2, 0) is 9.59 Å². The Bertz CT molecular complexity index is 1440.